The van der Waals surface area contributed by atoms with E-state index in [1.807, 2.05) is 0 Å². The molecular formula is C9H2BF9O3-2. The highest BCUT2D eigenvalue weighted by molar-refractivity contribution is 6.29. The maximum Gasteiger partial charge on any atom is 0.420 e. The first kappa shape index (κ1) is 18.4. The van der Waals surface area contributed by atoms with Gasteiger partial charge in [0.2, 0.25) is 0 Å². The molecule has 1 aromatic rings. The molecule has 124 valence electrons. The van der Waals surface area contributed by atoms with Crippen LogP contribution >= 0.6 is 0 Å². The van der Waals surface area contributed by atoms with Gasteiger partial charge >= 0.3 is 18.5 Å². The zero-order valence-corrected chi connectivity index (χ0v) is 9.86. The van der Waals surface area contributed by atoms with Crippen LogP contribution in [0.5, 0.6) is 5.75 Å². The topological polar surface area (TPSA) is 55.3 Å². The first-order valence-electron chi connectivity index (χ1n) is 5.02. The summed E-state index contributed by atoms with van der Waals surface area (Å²) in [5, 5.41) is 20.3. The molecule has 0 bridgehead atoms. The summed E-state index contributed by atoms with van der Waals surface area (Å²) in [5.74, 6) is -1.93. The van der Waals surface area contributed by atoms with Gasteiger partial charge in [-0.1, -0.05) is 0 Å². The molecule has 0 unspecified atom stereocenters. The molecule has 0 amide bonds. The molecule has 0 heterocycles. The van der Waals surface area contributed by atoms with Crippen LogP contribution in [0.4, 0.5) is 39.5 Å². The summed E-state index contributed by atoms with van der Waals surface area (Å²) in [5.41, 5.74) is -8.58. The molecule has 3 nitrogen and oxygen atoms in total. The minimum absolute atomic E-state index is 0.163. The third-order valence-electron chi connectivity index (χ3n) is 2.26. The van der Waals surface area contributed by atoms with Gasteiger partial charge in [0, 0.05) is 0 Å². The van der Waals surface area contributed by atoms with Gasteiger partial charge in [0.05, 0.1) is 11.1 Å². The summed E-state index contributed by atoms with van der Waals surface area (Å²) < 4.78 is 117. The third-order valence-corrected chi connectivity index (χ3v) is 2.26. The standard InChI is InChI=1S/C9H2BF9O3/c11-7(12,13)3-1-2-4(22-10(20)21)6(9(17,18)19)5(3)8(14,15)16/h1-2H/q-2. The molecule has 0 saturated heterocycles. The van der Waals surface area contributed by atoms with Crippen LogP contribution < -0.4 is 14.7 Å². The van der Waals surface area contributed by atoms with Crippen molar-refractivity contribution in [2.45, 2.75) is 18.5 Å². The fourth-order valence-corrected chi connectivity index (χ4v) is 1.60. The lowest BCUT2D eigenvalue weighted by Gasteiger charge is -2.30. The van der Waals surface area contributed by atoms with E-state index < -0.39 is 48.3 Å². The lowest BCUT2D eigenvalue weighted by atomic mass is 9.97. The van der Waals surface area contributed by atoms with E-state index in [-0.39, 0.29) is 12.1 Å². The zero-order chi connectivity index (χ0) is 17.5. The average molecular weight is 340 g/mol. The molecular weight excluding hydrogens is 338 g/mol. The van der Waals surface area contributed by atoms with Crippen LogP contribution in [0.1, 0.15) is 16.7 Å². The number of benzene rings is 1. The quantitative estimate of drug-likeness (QED) is 0.610. The second kappa shape index (κ2) is 5.54. The number of hydrogen-bond acceptors (Lipinski definition) is 3. The van der Waals surface area contributed by atoms with Crippen LogP contribution in [0.2, 0.25) is 0 Å². The fourth-order valence-electron chi connectivity index (χ4n) is 1.60. The Hall–Kier alpha value is -1.63. The van der Waals surface area contributed by atoms with Gasteiger partial charge in [0.25, 0.3) is 0 Å². The van der Waals surface area contributed by atoms with E-state index in [9.17, 15) is 49.6 Å². The first-order chi connectivity index (χ1) is 9.65. The molecule has 22 heavy (non-hydrogen) atoms. The molecule has 0 aromatic heterocycles. The van der Waals surface area contributed by atoms with Crippen molar-refractivity contribution >= 4 is 7.32 Å². The lowest BCUT2D eigenvalue weighted by molar-refractivity contribution is -0.372. The summed E-state index contributed by atoms with van der Waals surface area (Å²) in [6.45, 7) is 0. The van der Waals surface area contributed by atoms with E-state index in [0.717, 1.165) is 0 Å². The SMILES string of the molecule is [O-]B([O-])Oc1ccc(C(F)(F)F)c(C(F)(F)F)c1C(F)(F)F. The largest absolute Gasteiger partial charge is 0.860 e. The van der Waals surface area contributed by atoms with Crippen molar-refractivity contribution in [3.8, 4) is 5.75 Å². The number of rotatable bonds is 2. The van der Waals surface area contributed by atoms with Crippen LogP contribution in [-0.4, -0.2) is 7.32 Å². The van der Waals surface area contributed by atoms with Gasteiger partial charge in [0.15, 0.2) is 0 Å². The molecule has 0 spiro atoms. The van der Waals surface area contributed by atoms with Crippen LogP contribution in [0, 0.1) is 0 Å². The molecule has 0 aliphatic rings. The van der Waals surface area contributed by atoms with Gasteiger partial charge in [-0.2, -0.15) is 39.5 Å². The van der Waals surface area contributed by atoms with Gasteiger partial charge in [-0.05, 0) is 12.1 Å². The first-order valence-corrected chi connectivity index (χ1v) is 5.02. The number of hydrogen-bond donors (Lipinski definition) is 0. The molecule has 0 atom stereocenters. The van der Waals surface area contributed by atoms with Crippen molar-refractivity contribution in [2.75, 3.05) is 0 Å². The van der Waals surface area contributed by atoms with Crippen molar-refractivity contribution in [1.82, 2.24) is 0 Å². The van der Waals surface area contributed by atoms with Crippen LogP contribution in [-0.2, 0) is 18.5 Å². The van der Waals surface area contributed by atoms with E-state index in [2.05, 4.69) is 4.65 Å². The molecule has 1 rings (SSSR count). The summed E-state index contributed by atoms with van der Waals surface area (Å²) in [6.07, 6.45) is -17.8. The van der Waals surface area contributed by atoms with Gasteiger partial charge < -0.3 is 14.7 Å². The van der Waals surface area contributed by atoms with Crippen molar-refractivity contribution in [3.05, 3.63) is 28.8 Å². The van der Waals surface area contributed by atoms with Crippen molar-refractivity contribution < 1.29 is 54.2 Å². The Morgan fingerprint density at radius 3 is 1.50 bits per heavy atom. The highest BCUT2D eigenvalue weighted by atomic mass is 19.4. The Morgan fingerprint density at radius 1 is 0.727 bits per heavy atom. The lowest BCUT2D eigenvalue weighted by Crippen LogP contribution is -2.50. The number of alkyl halides is 9. The molecule has 0 radical (unpaired) electrons. The maximum atomic E-state index is 12.7. The Labute approximate surface area is 116 Å². The minimum atomic E-state index is -6.06. The Bertz CT molecular complexity index is 547. The summed E-state index contributed by atoms with van der Waals surface area (Å²) in [7, 11) is -3.46. The third kappa shape index (κ3) is 3.97. The number of halogens is 9. The van der Waals surface area contributed by atoms with Crippen molar-refractivity contribution in [3.63, 3.8) is 0 Å². The molecule has 0 aliphatic heterocycles. The molecule has 0 aliphatic carbocycles. The van der Waals surface area contributed by atoms with Gasteiger partial charge in [-0.15, -0.1) is 0 Å². The van der Waals surface area contributed by atoms with E-state index >= 15 is 0 Å². The van der Waals surface area contributed by atoms with E-state index in [1.54, 1.807) is 0 Å². The van der Waals surface area contributed by atoms with Crippen molar-refractivity contribution in [2.24, 2.45) is 0 Å². The molecule has 0 saturated carbocycles. The monoisotopic (exact) mass is 340 g/mol. The molecule has 0 N–H and O–H groups in total. The average Bonchev–Trinajstić information content (AvgIpc) is 2.22. The van der Waals surface area contributed by atoms with Crippen LogP contribution in [0.25, 0.3) is 0 Å². The summed E-state index contributed by atoms with van der Waals surface area (Å²) in [4.78, 5) is 0. The predicted molar refractivity (Wildman–Crippen MR) is 47.8 cm³/mol. The second-order valence-corrected chi connectivity index (χ2v) is 3.76. The van der Waals surface area contributed by atoms with Crippen molar-refractivity contribution in [1.29, 1.82) is 0 Å². The highest BCUT2D eigenvalue weighted by Gasteiger charge is 2.51. The minimum Gasteiger partial charge on any atom is -0.860 e. The highest BCUT2D eigenvalue weighted by Crippen LogP contribution is 2.49. The predicted octanol–water partition coefficient (Wildman–Crippen LogP) is 1.83. The van der Waals surface area contributed by atoms with E-state index in [1.165, 1.54) is 0 Å². The van der Waals surface area contributed by atoms with Crippen LogP contribution in [0.15, 0.2) is 12.1 Å². The van der Waals surface area contributed by atoms with Gasteiger partial charge in [-0.3, -0.25) is 0 Å². The Morgan fingerprint density at radius 2 is 1.18 bits per heavy atom. The maximum absolute atomic E-state index is 12.7. The normalized spacial score (nSPS) is 13.2. The fraction of sp³-hybridized carbons (Fsp3) is 0.333. The Kier molecular flexibility index (Phi) is 4.64. The van der Waals surface area contributed by atoms with E-state index in [4.69, 9.17) is 0 Å². The second-order valence-electron chi connectivity index (χ2n) is 3.76. The Balaban J connectivity index is 3.84. The summed E-state index contributed by atoms with van der Waals surface area (Å²) in [6, 6.07) is -0.514. The van der Waals surface area contributed by atoms with Gasteiger partial charge in [-0.25, -0.2) is 0 Å². The molecule has 0 fully saturated rings. The van der Waals surface area contributed by atoms with E-state index in [0.29, 0.717) is 0 Å². The van der Waals surface area contributed by atoms with Gasteiger partial charge in [0.1, 0.15) is 18.6 Å². The van der Waals surface area contributed by atoms with Crippen LogP contribution in [0.3, 0.4) is 0 Å². The zero-order valence-electron chi connectivity index (χ0n) is 9.86. The summed E-state index contributed by atoms with van der Waals surface area (Å²) >= 11 is 0. The molecule has 1 aromatic carbocycles. The smallest absolute Gasteiger partial charge is 0.420 e. The molecule has 13 heteroatoms.